The fourth-order valence-corrected chi connectivity index (χ4v) is 2.83. The van der Waals surface area contributed by atoms with Crippen LogP contribution >= 0.6 is 0 Å². The first-order valence-electron chi connectivity index (χ1n) is 7.66. The van der Waals surface area contributed by atoms with E-state index in [0.29, 0.717) is 6.04 Å². The molecule has 22 heavy (non-hydrogen) atoms. The Bertz CT molecular complexity index is 666. The van der Waals surface area contributed by atoms with Crippen LogP contribution in [0.25, 0.3) is 0 Å². The number of nitrogens with zero attached hydrogens (tertiary/aromatic N) is 2. The van der Waals surface area contributed by atoms with Crippen molar-refractivity contribution >= 4 is 5.69 Å². The van der Waals surface area contributed by atoms with Crippen molar-refractivity contribution in [1.29, 1.82) is 0 Å². The van der Waals surface area contributed by atoms with Gasteiger partial charge < -0.3 is 0 Å². The highest BCUT2D eigenvalue weighted by Gasteiger charge is 2.29. The lowest BCUT2D eigenvalue weighted by molar-refractivity contribution is -0.385. The van der Waals surface area contributed by atoms with Crippen LogP contribution in [-0.2, 0) is 13.1 Å². The van der Waals surface area contributed by atoms with Crippen LogP contribution in [0.2, 0.25) is 0 Å². The lowest BCUT2D eigenvalue weighted by Gasteiger charge is -2.23. The quantitative estimate of drug-likeness (QED) is 0.596. The van der Waals surface area contributed by atoms with Gasteiger partial charge in [-0.3, -0.25) is 15.0 Å². The van der Waals surface area contributed by atoms with Crippen molar-refractivity contribution in [3.63, 3.8) is 0 Å². The molecule has 0 unspecified atom stereocenters. The minimum absolute atomic E-state index is 0.216. The zero-order valence-corrected chi connectivity index (χ0v) is 12.7. The molecular formula is C18H20N2O2. The van der Waals surface area contributed by atoms with Crippen LogP contribution in [0.15, 0.2) is 48.5 Å². The van der Waals surface area contributed by atoms with E-state index in [1.807, 2.05) is 19.1 Å². The standard InChI is InChI=1S/C18H20N2O2/c1-14-16(8-5-9-18(14)20(21)22)13-19(17-10-11-17)12-15-6-3-2-4-7-15/h2-9,17H,10-13H2,1H3. The molecule has 1 saturated carbocycles. The summed E-state index contributed by atoms with van der Waals surface area (Å²) in [6.07, 6.45) is 2.45. The molecule has 0 amide bonds. The smallest absolute Gasteiger partial charge is 0.272 e. The molecule has 1 fully saturated rings. The van der Waals surface area contributed by atoms with Crippen molar-refractivity contribution in [1.82, 2.24) is 4.90 Å². The topological polar surface area (TPSA) is 46.4 Å². The van der Waals surface area contributed by atoms with Crippen molar-refractivity contribution in [2.45, 2.75) is 38.9 Å². The Balaban J connectivity index is 1.80. The third-order valence-electron chi connectivity index (χ3n) is 4.28. The molecule has 3 rings (SSSR count). The largest absolute Gasteiger partial charge is 0.292 e. The average Bonchev–Trinajstić information content (AvgIpc) is 3.34. The molecule has 2 aromatic carbocycles. The minimum Gasteiger partial charge on any atom is -0.292 e. The third kappa shape index (κ3) is 3.34. The van der Waals surface area contributed by atoms with Crippen LogP contribution in [-0.4, -0.2) is 15.9 Å². The molecule has 0 spiro atoms. The summed E-state index contributed by atoms with van der Waals surface area (Å²) in [5, 5.41) is 11.1. The van der Waals surface area contributed by atoms with Crippen molar-refractivity contribution in [2.75, 3.05) is 0 Å². The Labute approximate surface area is 130 Å². The van der Waals surface area contributed by atoms with E-state index in [-0.39, 0.29) is 10.6 Å². The highest BCUT2D eigenvalue weighted by Crippen LogP contribution is 2.31. The number of hydrogen-bond acceptors (Lipinski definition) is 3. The second kappa shape index (κ2) is 6.28. The highest BCUT2D eigenvalue weighted by atomic mass is 16.6. The molecule has 4 heteroatoms. The first-order chi connectivity index (χ1) is 10.6. The minimum atomic E-state index is -0.294. The first-order valence-corrected chi connectivity index (χ1v) is 7.66. The summed E-state index contributed by atoms with van der Waals surface area (Å²) in [6, 6.07) is 16.4. The number of hydrogen-bond donors (Lipinski definition) is 0. The molecule has 0 N–H and O–H groups in total. The van der Waals surface area contributed by atoms with E-state index in [9.17, 15) is 10.1 Å². The Hall–Kier alpha value is -2.20. The second-order valence-electron chi connectivity index (χ2n) is 5.94. The zero-order valence-electron chi connectivity index (χ0n) is 12.7. The van der Waals surface area contributed by atoms with E-state index in [1.165, 1.54) is 18.4 Å². The maximum absolute atomic E-state index is 11.1. The Morgan fingerprint density at radius 3 is 2.45 bits per heavy atom. The summed E-state index contributed by atoms with van der Waals surface area (Å²) < 4.78 is 0. The van der Waals surface area contributed by atoms with Gasteiger partial charge in [0.15, 0.2) is 0 Å². The highest BCUT2D eigenvalue weighted by molar-refractivity contribution is 5.44. The lowest BCUT2D eigenvalue weighted by atomic mass is 10.1. The van der Waals surface area contributed by atoms with Crippen molar-refractivity contribution < 1.29 is 4.92 Å². The van der Waals surface area contributed by atoms with Gasteiger partial charge >= 0.3 is 0 Å². The summed E-state index contributed by atoms with van der Waals surface area (Å²) in [5.41, 5.74) is 3.34. The van der Waals surface area contributed by atoms with Gasteiger partial charge in [0.2, 0.25) is 0 Å². The fourth-order valence-electron chi connectivity index (χ4n) is 2.83. The van der Waals surface area contributed by atoms with Gasteiger partial charge in [0.1, 0.15) is 0 Å². The van der Waals surface area contributed by atoms with Crippen molar-refractivity contribution in [3.05, 3.63) is 75.3 Å². The zero-order chi connectivity index (χ0) is 15.5. The second-order valence-corrected chi connectivity index (χ2v) is 5.94. The lowest BCUT2D eigenvalue weighted by Crippen LogP contribution is -2.25. The van der Waals surface area contributed by atoms with Crippen LogP contribution in [0.4, 0.5) is 5.69 Å². The van der Waals surface area contributed by atoms with Gasteiger partial charge in [-0.25, -0.2) is 0 Å². The van der Waals surface area contributed by atoms with E-state index < -0.39 is 0 Å². The average molecular weight is 296 g/mol. The van der Waals surface area contributed by atoms with E-state index in [0.717, 1.165) is 24.2 Å². The van der Waals surface area contributed by atoms with E-state index in [4.69, 9.17) is 0 Å². The third-order valence-corrected chi connectivity index (χ3v) is 4.28. The van der Waals surface area contributed by atoms with Crippen LogP contribution in [0, 0.1) is 17.0 Å². The summed E-state index contributed by atoms with van der Waals surface area (Å²) in [4.78, 5) is 13.2. The number of nitro benzene ring substituents is 1. The number of benzene rings is 2. The normalized spacial score (nSPS) is 14.3. The van der Waals surface area contributed by atoms with Crippen LogP contribution in [0.5, 0.6) is 0 Å². The molecule has 114 valence electrons. The predicted octanol–water partition coefficient (Wildman–Crippen LogP) is 4.07. The van der Waals surface area contributed by atoms with E-state index in [1.54, 1.807) is 12.1 Å². The molecule has 0 saturated heterocycles. The van der Waals surface area contributed by atoms with Crippen LogP contribution in [0.3, 0.4) is 0 Å². The molecule has 2 aromatic rings. The van der Waals surface area contributed by atoms with Crippen LogP contribution in [0.1, 0.15) is 29.5 Å². The van der Waals surface area contributed by atoms with Crippen LogP contribution < -0.4 is 0 Å². The Morgan fingerprint density at radius 1 is 1.09 bits per heavy atom. The number of rotatable bonds is 6. The van der Waals surface area contributed by atoms with Gasteiger partial charge in [-0.2, -0.15) is 0 Å². The van der Waals surface area contributed by atoms with E-state index >= 15 is 0 Å². The molecule has 0 bridgehead atoms. The van der Waals surface area contributed by atoms with Gasteiger partial charge in [0.25, 0.3) is 5.69 Å². The molecule has 4 nitrogen and oxygen atoms in total. The maximum atomic E-state index is 11.1. The SMILES string of the molecule is Cc1c(CN(Cc2ccccc2)C2CC2)cccc1[N+](=O)[O-]. The molecule has 0 atom stereocenters. The van der Waals surface area contributed by atoms with Gasteiger partial charge in [-0.05, 0) is 30.9 Å². The molecule has 1 aliphatic rings. The monoisotopic (exact) mass is 296 g/mol. The molecule has 1 aliphatic carbocycles. The van der Waals surface area contributed by atoms with Gasteiger partial charge in [-0.15, -0.1) is 0 Å². The summed E-state index contributed by atoms with van der Waals surface area (Å²) in [5.74, 6) is 0. The molecule has 0 radical (unpaired) electrons. The molecule has 0 heterocycles. The van der Waals surface area contributed by atoms with Crippen molar-refractivity contribution in [3.8, 4) is 0 Å². The molecular weight excluding hydrogens is 276 g/mol. The maximum Gasteiger partial charge on any atom is 0.272 e. The predicted molar refractivity (Wildman–Crippen MR) is 86.5 cm³/mol. The van der Waals surface area contributed by atoms with E-state index in [2.05, 4.69) is 29.2 Å². The molecule has 0 aliphatic heterocycles. The van der Waals surface area contributed by atoms with Gasteiger partial charge in [0.05, 0.1) is 4.92 Å². The number of nitro groups is 1. The first kappa shape index (κ1) is 14.7. The summed E-state index contributed by atoms with van der Waals surface area (Å²) >= 11 is 0. The summed E-state index contributed by atoms with van der Waals surface area (Å²) in [6.45, 7) is 3.52. The Kier molecular flexibility index (Phi) is 4.20. The van der Waals surface area contributed by atoms with Crippen molar-refractivity contribution in [2.24, 2.45) is 0 Å². The fraction of sp³-hybridized carbons (Fsp3) is 0.333. The van der Waals surface area contributed by atoms with Gasteiger partial charge in [-0.1, -0.05) is 42.5 Å². The summed E-state index contributed by atoms with van der Waals surface area (Å²) in [7, 11) is 0. The Morgan fingerprint density at radius 2 is 1.82 bits per heavy atom. The molecule has 0 aromatic heterocycles. The van der Waals surface area contributed by atoms with Gasteiger partial charge in [0, 0.05) is 30.8 Å².